The summed E-state index contributed by atoms with van der Waals surface area (Å²) in [6, 6.07) is 0. The van der Waals surface area contributed by atoms with E-state index in [0.29, 0.717) is 0 Å². The van der Waals surface area contributed by atoms with Crippen molar-refractivity contribution in [1.29, 1.82) is 0 Å². The van der Waals surface area contributed by atoms with Gasteiger partial charge < -0.3 is 4.55 Å². The van der Waals surface area contributed by atoms with E-state index in [9.17, 15) is 70.0 Å². The van der Waals surface area contributed by atoms with Gasteiger partial charge in [0.15, 0.2) is 0 Å². The van der Waals surface area contributed by atoms with Crippen molar-refractivity contribution in [3.63, 3.8) is 0 Å². The third-order valence-corrected chi connectivity index (χ3v) is 6.08. The molecule has 0 bridgehead atoms. The van der Waals surface area contributed by atoms with E-state index in [2.05, 4.69) is 0 Å². The third-order valence-electron chi connectivity index (χ3n) is 1.95. The molecule has 0 aromatic heterocycles. The lowest BCUT2D eigenvalue weighted by atomic mass is 10.3. The Morgan fingerprint density at radius 3 is 1.38 bits per heavy atom. The molecular formula is C4F9NO7S3. The van der Waals surface area contributed by atoms with Crippen LogP contribution < -0.4 is 0 Å². The molecule has 1 atom stereocenters. The van der Waals surface area contributed by atoms with Gasteiger partial charge in [-0.25, -0.2) is 0 Å². The average Bonchev–Trinajstić information content (AvgIpc) is 2.35. The van der Waals surface area contributed by atoms with Gasteiger partial charge >= 0.3 is 42.0 Å². The van der Waals surface area contributed by atoms with Gasteiger partial charge in [0.05, 0.1) is 4.91 Å². The van der Waals surface area contributed by atoms with Crippen LogP contribution in [-0.4, -0.2) is 51.1 Å². The lowest BCUT2D eigenvalue weighted by Gasteiger charge is -2.30. The van der Waals surface area contributed by atoms with Crippen molar-refractivity contribution in [3.8, 4) is 0 Å². The molecule has 0 saturated carbocycles. The highest BCUT2D eigenvalue weighted by Crippen LogP contribution is 2.50. The second kappa shape index (κ2) is 5.76. The van der Waals surface area contributed by atoms with Crippen molar-refractivity contribution in [2.45, 2.75) is 21.9 Å². The summed E-state index contributed by atoms with van der Waals surface area (Å²) in [4.78, 5) is 10.5. The van der Waals surface area contributed by atoms with Gasteiger partial charge in [-0.3, -0.25) is 4.21 Å². The summed E-state index contributed by atoms with van der Waals surface area (Å²) in [6.07, 6.45) is 0. The Labute approximate surface area is 127 Å². The Balaban J connectivity index is 6.53. The Morgan fingerprint density at radius 1 is 0.792 bits per heavy atom. The molecular weight excluding hydrogens is 441 g/mol. The fourth-order valence-corrected chi connectivity index (χ4v) is 3.52. The van der Waals surface area contributed by atoms with Crippen LogP contribution in [0.1, 0.15) is 0 Å². The minimum absolute atomic E-state index is 3.56. The smallest absolute Gasteiger partial charge is 0.566 e. The van der Waals surface area contributed by atoms with Crippen LogP contribution in [0.5, 0.6) is 0 Å². The molecule has 20 heteroatoms. The average molecular weight is 441 g/mol. The molecule has 144 valence electrons. The first kappa shape index (κ1) is 23.0. The second-order valence-corrected chi connectivity index (χ2v) is 8.21. The first-order valence-electron chi connectivity index (χ1n) is 4.36. The molecule has 1 unspecified atom stereocenters. The maximum atomic E-state index is 13.0. The molecule has 0 saturated heterocycles. The van der Waals surface area contributed by atoms with Crippen LogP contribution in [0.3, 0.4) is 0 Å². The van der Waals surface area contributed by atoms with Gasteiger partial charge in [0.25, 0.3) is 3.57 Å². The van der Waals surface area contributed by atoms with E-state index in [1.54, 1.807) is 0 Å². The summed E-state index contributed by atoms with van der Waals surface area (Å²) in [5.41, 5.74) is -6.89. The summed E-state index contributed by atoms with van der Waals surface area (Å²) in [6.45, 7) is 0. The number of alkyl halides is 9. The van der Waals surface area contributed by atoms with Gasteiger partial charge in [-0.05, 0) is 0 Å². The molecule has 8 nitrogen and oxygen atoms in total. The molecule has 0 fully saturated rings. The Kier molecular flexibility index (Phi) is 5.52. The SMILES string of the molecule is O=[N+](S(=O)(=O)C(F)(F)F)S(=O)(=O)C(F)(F)C(F)(F)C(F)(F)S(=O)[O-]. The Morgan fingerprint density at radius 2 is 1.12 bits per heavy atom. The monoisotopic (exact) mass is 441 g/mol. The van der Waals surface area contributed by atoms with E-state index in [-0.39, 0.29) is 0 Å². The second-order valence-electron chi connectivity index (χ2n) is 3.46. The fraction of sp³-hybridized carbons (Fsp3) is 1.00. The van der Waals surface area contributed by atoms with E-state index in [1.807, 2.05) is 0 Å². The summed E-state index contributed by atoms with van der Waals surface area (Å²) >= 11 is -5.45. The van der Waals surface area contributed by atoms with Gasteiger partial charge in [-0.1, -0.05) is 0 Å². The lowest BCUT2D eigenvalue weighted by Crippen LogP contribution is -2.61. The molecule has 0 aliphatic heterocycles. The molecule has 0 aromatic carbocycles. The summed E-state index contributed by atoms with van der Waals surface area (Å²) in [5.74, 6) is -7.52. The van der Waals surface area contributed by atoms with Crippen LogP contribution in [0.25, 0.3) is 0 Å². The molecule has 0 spiro atoms. The van der Waals surface area contributed by atoms with Crippen LogP contribution in [0.15, 0.2) is 0 Å². The van der Waals surface area contributed by atoms with Crippen LogP contribution in [-0.2, 0) is 31.1 Å². The van der Waals surface area contributed by atoms with Gasteiger partial charge in [-0.15, -0.1) is 8.42 Å². The van der Waals surface area contributed by atoms with Crippen LogP contribution in [0.2, 0.25) is 0 Å². The van der Waals surface area contributed by atoms with Gasteiger partial charge in [0, 0.05) is 11.1 Å². The lowest BCUT2D eigenvalue weighted by molar-refractivity contribution is -0.283. The largest absolute Gasteiger partial charge is 0.768 e. The molecule has 0 aliphatic rings. The minimum Gasteiger partial charge on any atom is -0.768 e. The summed E-state index contributed by atoms with van der Waals surface area (Å²) in [7, 11) is -16.0. The van der Waals surface area contributed by atoms with Gasteiger partial charge in [-0.2, -0.15) is 47.9 Å². The molecule has 24 heavy (non-hydrogen) atoms. The number of nitroso groups, excluding NO2 is 1. The zero-order valence-electron chi connectivity index (χ0n) is 9.93. The standard InChI is InChI=1S/C4F9NO7S3/c5-1(6,2(7,8)22(16)17)3(9,10)23(18,19)14(15)24(20,21)4(11,12)13. The highest BCUT2D eigenvalue weighted by molar-refractivity contribution is 7.98. The molecule has 0 aromatic rings. The molecule has 0 heterocycles. The first-order chi connectivity index (χ1) is 10.1. The van der Waals surface area contributed by atoms with Gasteiger partial charge in [0.1, 0.15) is 0 Å². The van der Waals surface area contributed by atoms with Crippen LogP contribution in [0, 0.1) is 4.91 Å². The predicted molar refractivity (Wildman–Crippen MR) is 51.3 cm³/mol. The zero-order valence-corrected chi connectivity index (χ0v) is 12.4. The summed E-state index contributed by atoms with van der Waals surface area (Å²) < 4.78 is 171. The first-order valence-corrected chi connectivity index (χ1v) is 8.32. The maximum absolute atomic E-state index is 13.0. The number of sulfonamides is 2. The summed E-state index contributed by atoms with van der Waals surface area (Å²) in [5, 5.41) is -14.5. The number of hydrogen-bond acceptors (Lipinski definition) is 7. The van der Waals surface area contributed by atoms with Crippen LogP contribution >= 0.6 is 0 Å². The number of halogens is 9. The molecule has 0 radical (unpaired) electrons. The topological polar surface area (TPSA) is 128 Å². The number of nitrogens with zero attached hydrogens (tertiary/aromatic N) is 1. The molecule has 0 N–H and O–H groups in total. The van der Waals surface area contributed by atoms with Crippen molar-refractivity contribution in [2.24, 2.45) is 0 Å². The number of rotatable bonds is 6. The highest BCUT2D eigenvalue weighted by Gasteiger charge is 2.85. The Hall–Kier alpha value is -1.02. The van der Waals surface area contributed by atoms with E-state index in [4.69, 9.17) is 0 Å². The van der Waals surface area contributed by atoms with Crippen molar-refractivity contribution in [3.05, 3.63) is 4.91 Å². The van der Waals surface area contributed by atoms with Crippen molar-refractivity contribution < 1.29 is 68.7 Å². The van der Waals surface area contributed by atoms with E-state index >= 15 is 0 Å². The highest BCUT2D eigenvalue weighted by atomic mass is 32.3. The molecule has 0 rings (SSSR count). The quantitative estimate of drug-likeness (QED) is 0.336. The van der Waals surface area contributed by atoms with E-state index in [0.717, 1.165) is 0 Å². The predicted octanol–water partition coefficient (Wildman–Crippen LogP) is 0.645. The fourth-order valence-electron chi connectivity index (χ4n) is 0.743. The third kappa shape index (κ3) is 2.98. The number of hydrogen-bond donors (Lipinski definition) is 0. The normalized spacial score (nSPS) is 16.8. The molecule has 0 aliphatic carbocycles. The van der Waals surface area contributed by atoms with E-state index in [1.165, 1.54) is 0 Å². The van der Waals surface area contributed by atoms with Crippen molar-refractivity contribution >= 4 is 31.1 Å². The van der Waals surface area contributed by atoms with Gasteiger partial charge in [0.2, 0.25) is 0 Å². The van der Waals surface area contributed by atoms with Crippen molar-refractivity contribution in [2.75, 3.05) is 0 Å². The van der Waals surface area contributed by atoms with Crippen molar-refractivity contribution in [1.82, 2.24) is 0 Å². The maximum Gasteiger partial charge on any atom is 0.566 e. The molecule has 0 amide bonds. The van der Waals surface area contributed by atoms with Crippen LogP contribution in [0.4, 0.5) is 39.5 Å². The minimum atomic E-state index is -8.22. The Bertz CT molecular complexity index is 765. The van der Waals surface area contributed by atoms with E-state index < -0.39 is 56.6 Å². The zero-order chi connectivity index (χ0) is 20.2.